The summed E-state index contributed by atoms with van der Waals surface area (Å²) < 4.78 is 12.4. The lowest BCUT2D eigenvalue weighted by Gasteiger charge is -2.39. The van der Waals surface area contributed by atoms with Crippen molar-refractivity contribution >= 4 is 5.91 Å². The molecule has 1 saturated heterocycles. The molecule has 3 rings (SSSR count). The summed E-state index contributed by atoms with van der Waals surface area (Å²) in [6.07, 6.45) is 5.44. The molecule has 7 heteroatoms. The van der Waals surface area contributed by atoms with Gasteiger partial charge < -0.3 is 18.9 Å². The largest absolute Gasteiger partial charge is 0.382 e. The van der Waals surface area contributed by atoms with Crippen LogP contribution in [0.1, 0.15) is 5.69 Å². The van der Waals surface area contributed by atoms with E-state index in [1.54, 1.807) is 19.5 Å². The number of rotatable bonds is 8. The van der Waals surface area contributed by atoms with Gasteiger partial charge in [0.25, 0.3) is 0 Å². The van der Waals surface area contributed by atoms with Crippen LogP contribution in [0.25, 0.3) is 11.4 Å². The Morgan fingerprint density at radius 3 is 2.76 bits per heavy atom. The van der Waals surface area contributed by atoms with Crippen molar-refractivity contribution < 1.29 is 14.3 Å². The van der Waals surface area contributed by atoms with E-state index >= 15 is 0 Å². The Balaban J connectivity index is 1.52. The van der Waals surface area contributed by atoms with Gasteiger partial charge in [-0.2, -0.15) is 0 Å². The maximum Gasteiger partial charge on any atom is 0.248 e. The second-order valence-corrected chi connectivity index (χ2v) is 6.28. The van der Waals surface area contributed by atoms with Crippen LogP contribution in [0.15, 0.2) is 30.7 Å². The van der Waals surface area contributed by atoms with Gasteiger partial charge in [-0.1, -0.05) is 0 Å². The van der Waals surface area contributed by atoms with Gasteiger partial charge in [-0.3, -0.25) is 9.78 Å². The fraction of sp³-hybridized carbons (Fsp3) is 0.500. The fourth-order valence-electron chi connectivity index (χ4n) is 2.96. The molecule has 2 aromatic rings. The van der Waals surface area contributed by atoms with E-state index in [4.69, 9.17) is 9.47 Å². The molecule has 7 nitrogen and oxygen atoms in total. The van der Waals surface area contributed by atoms with Crippen LogP contribution in [-0.2, 0) is 20.8 Å². The second kappa shape index (κ2) is 8.22. The van der Waals surface area contributed by atoms with Crippen molar-refractivity contribution in [1.82, 2.24) is 19.4 Å². The molecule has 1 amide bonds. The van der Waals surface area contributed by atoms with Crippen molar-refractivity contribution in [2.24, 2.45) is 5.92 Å². The number of methoxy groups -OCH3 is 1. The van der Waals surface area contributed by atoms with E-state index in [9.17, 15) is 4.79 Å². The highest BCUT2D eigenvalue weighted by Crippen LogP contribution is 2.24. The van der Waals surface area contributed by atoms with Crippen LogP contribution in [0.4, 0.5) is 0 Å². The van der Waals surface area contributed by atoms with Crippen LogP contribution in [0, 0.1) is 12.8 Å². The minimum absolute atomic E-state index is 0.0454. The lowest BCUT2D eigenvalue weighted by Crippen LogP contribution is -2.52. The summed E-state index contributed by atoms with van der Waals surface area (Å²) in [6.45, 7) is 5.53. The summed E-state index contributed by atoms with van der Waals surface area (Å²) in [6, 6.07) is 3.93. The molecule has 0 aromatic carbocycles. The summed E-state index contributed by atoms with van der Waals surface area (Å²) in [5.74, 6) is 1.44. The van der Waals surface area contributed by atoms with E-state index in [-0.39, 0.29) is 12.5 Å². The van der Waals surface area contributed by atoms with Gasteiger partial charge in [-0.25, -0.2) is 4.98 Å². The summed E-state index contributed by atoms with van der Waals surface area (Å²) >= 11 is 0. The minimum Gasteiger partial charge on any atom is -0.382 e. The number of aryl methyl sites for hydroxylation is 1. The number of imidazole rings is 1. The van der Waals surface area contributed by atoms with E-state index in [1.807, 2.05) is 23.2 Å². The van der Waals surface area contributed by atoms with Crippen molar-refractivity contribution in [3.63, 3.8) is 0 Å². The summed E-state index contributed by atoms with van der Waals surface area (Å²) in [7, 11) is 1.61. The third-order valence-electron chi connectivity index (χ3n) is 4.40. The quantitative estimate of drug-likeness (QED) is 0.677. The first-order chi connectivity index (χ1) is 12.2. The maximum atomic E-state index is 12.0. The van der Waals surface area contributed by atoms with Crippen molar-refractivity contribution in [3.05, 3.63) is 36.4 Å². The lowest BCUT2D eigenvalue weighted by atomic mass is 9.99. The number of pyridine rings is 1. The Labute approximate surface area is 147 Å². The van der Waals surface area contributed by atoms with Crippen molar-refractivity contribution in [2.75, 3.05) is 40.0 Å². The average Bonchev–Trinajstić information content (AvgIpc) is 2.96. The van der Waals surface area contributed by atoms with E-state index in [0.717, 1.165) is 36.7 Å². The van der Waals surface area contributed by atoms with Gasteiger partial charge in [-0.05, 0) is 19.1 Å². The monoisotopic (exact) mass is 344 g/mol. The summed E-state index contributed by atoms with van der Waals surface area (Å²) in [5, 5.41) is 0. The molecule has 1 aliphatic heterocycles. The highest BCUT2D eigenvalue weighted by Gasteiger charge is 2.31. The Kier molecular flexibility index (Phi) is 5.78. The average molecular weight is 344 g/mol. The van der Waals surface area contributed by atoms with E-state index in [0.29, 0.717) is 19.1 Å². The third-order valence-corrected chi connectivity index (χ3v) is 4.40. The van der Waals surface area contributed by atoms with Gasteiger partial charge in [0.1, 0.15) is 12.4 Å². The first kappa shape index (κ1) is 17.6. The molecule has 134 valence electrons. The van der Waals surface area contributed by atoms with Crippen LogP contribution in [-0.4, -0.2) is 65.4 Å². The number of amides is 1. The number of aromatic nitrogens is 3. The smallest absolute Gasteiger partial charge is 0.248 e. The van der Waals surface area contributed by atoms with Crippen molar-refractivity contribution in [1.29, 1.82) is 0 Å². The molecular formula is C18H24N4O3. The van der Waals surface area contributed by atoms with E-state index in [2.05, 4.69) is 21.5 Å². The molecule has 1 fully saturated rings. The van der Waals surface area contributed by atoms with Gasteiger partial charge in [0.05, 0.1) is 13.2 Å². The number of likely N-dealkylation sites (tertiary alicyclic amines) is 1. The van der Waals surface area contributed by atoms with Crippen LogP contribution < -0.4 is 0 Å². The molecule has 0 atom stereocenters. The Hall–Kier alpha value is -2.25. The van der Waals surface area contributed by atoms with Crippen LogP contribution in [0.5, 0.6) is 0 Å². The normalized spacial score (nSPS) is 14.6. The standard InChI is InChI=1S/C18H24N4O3/c1-14-9-20-18(16-3-5-19-6-4-16)22(14)12-15-10-21(11-15)17(23)13-25-8-7-24-2/h3-6,9,15H,7-8,10-13H2,1-2H3. The number of carbonyl (C=O) groups is 1. The number of ether oxygens (including phenoxy) is 2. The van der Waals surface area contributed by atoms with Crippen molar-refractivity contribution in [3.8, 4) is 11.4 Å². The third kappa shape index (κ3) is 4.24. The van der Waals surface area contributed by atoms with Gasteiger partial charge in [-0.15, -0.1) is 0 Å². The predicted molar refractivity (Wildman–Crippen MR) is 93.0 cm³/mol. The molecule has 0 bridgehead atoms. The predicted octanol–water partition coefficient (Wildman–Crippen LogP) is 1.37. The Morgan fingerprint density at radius 1 is 1.28 bits per heavy atom. The molecule has 0 unspecified atom stereocenters. The van der Waals surface area contributed by atoms with Gasteiger partial charge in [0.2, 0.25) is 5.91 Å². The zero-order valence-electron chi connectivity index (χ0n) is 14.7. The number of nitrogens with zero attached hydrogens (tertiary/aromatic N) is 4. The lowest BCUT2D eigenvalue weighted by molar-refractivity contribution is -0.143. The van der Waals surface area contributed by atoms with E-state index in [1.165, 1.54) is 0 Å². The SMILES string of the molecule is COCCOCC(=O)N1CC(Cn2c(C)cnc2-c2ccncc2)C1. The zero-order chi connectivity index (χ0) is 17.6. The molecule has 0 saturated carbocycles. The van der Waals surface area contributed by atoms with Gasteiger partial charge in [0, 0.05) is 62.5 Å². The fourth-order valence-corrected chi connectivity index (χ4v) is 2.96. The Morgan fingerprint density at radius 2 is 2.04 bits per heavy atom. The molecular weight excluding hydrogens is 320 g/mol. The topological polar surface area (TPSA) is 69.5 Å². The van der Waals surface area contributed by atoms with Crippen LogP contribution in [0.2, 0.25) is 0 Å². The Bertz CT molecular complexity index is 696. The highest BCUT2D eigenvalue weighted by molar-refractivity contribution is 5.78. The molecule has 0 aliphatic carbocycles. The first-order valence-corrected chi connectivity index (χ1v) is 8.46. The van der Waals surface area contributed by atoms with Crippen LogP contribution in [0.3, 0.4) is 0 Å². The maximum absolute atomic E-state index is 12.0. The molecule has 0 spiro atoms. The first-order valence-electron chi connectivity index (χ1n) is 8.46. The van der Waals surface area contributed by atoms with Crippen molar-refractivity contribution in [2.45, 2.75) is 13.5 Å². The zero-order valence-corrected chi connectivity index (χ0v) is 14.7. The molecule has 1 aliphatic rings. The molecule has 0 radical (unpaired) electrons. The molecule has 3 heterocycles. The number of carbonyl (C=O) groups excluding carboxylic acids is 1. The van der Waals surface area contributed by atoms with Crippen LogP contribution >= 0.6 is 0 Å². The number of hydrogen-bond donors (Lipinski definition) is 0. The van der Waals surface area contributed by atoms with Gasteiger partial charge >= 0.3 is 0 Å². The second-order valence-electron chi connectivity index (χ2n) is 6.28. The number of hydrogen-bond acceptors (Lipinski definition) is 5. The van der Waals surface area contributed by atoms with Gasteiger partial charge in [0.15, 0.2) is 0 Å². The summed E-state index contributed by atoms with van der Waals surface area (Å²) in [5.41, 5.74) is 2.18. The summed E-state index contributed by atoms with van der Waals surface area (Å²) in [4.78, 5) is 22.5. The molecule has 25 heavy (non-hydrogen) atoms. The molecule has 0 N–H and O–H groups in total. The van der Waals surface area contributed by atoms with E-state index < -0.39 is 0 Å². The minimum atomic E-state index is 0.0454. The molecule has 2 aromatic heterocycles. The highest BCUT2D eigenvalue weighted by atomic mass is 16.5.